The number of hydrogen-bond donors (Lipinski definition) is 0. The molecule has 18 heavy (non-hydrogen) atoms. The zero-order chi connectivity index (χ0) is 12.4. The largest absolute Gasteiger partial charge is 0.299 e. The second-order valence-corrected chi connectivity index (χ2v) is 5.03. The molecule has 4 aliphatic rings. The summed E-state index contributed by atoms with van der Waals surface area (Å²) in [5.74, 6) is 0.287. The fraction of sp³-hybridized carbons (Fsp3) is 0.235. The Bertz CT molecular complexity index is 498. The summed E-state index contributed by atoms with van der Waals surface area (Å²) in [6, 6.07) is 16.9. The van der Waals surface area contributed by atoms with Crippen LogP contribution < -0.4 is 0 Å². The van der Waals surface area contributed by atoms with E-state index in [4.69, 9.17) is 0 Å². The number of benzene rings is 2. The number of carbonyl (C=O) groups excluding carboxylic acids is 1. The lowest BCUT2D eigenvalue weighted by Crippen LogP contribution is -2.06. The third-order valence-electron chi connectivity index (χ3n) is 3.55. The van der Waals surface area contributed by atoms with Gasteiger partial charge < -0.3 is 0 Å². The molecule has 0 saturated carbocycles. The maximum atomic E-state index is 12.0. The summed E-state index contributed by atoms with van der Waals surface area (Å²) in [4.78, 5) is 12.0. The highest BCUT2D eigenvalue weighted by Crippen LogP contribution is 2.14. The minimum Gasteiger partial charge on any atom is -0.299 e. The molecule has 2 aromatic rings. The maximum absolute atomic E-state index is 12.0. The van der Waals surface area contributed by atoms with Crippen LogP contribution >= 0.6 is 0 Å². The lowest BCUT2D eigenvalue weighted by atomic mass is 10.0. The molecule has 0 radical (unpaired) electrons. The van der Waals surface area contributed by atoms with Gasteiger partial charge in [-0.3, -0.25) is 4.79 Å². The van der Waals surface area contributed by atoms with Gasteiger partial charge in [0.1, 0.15) is 5.78 Å². The zero-order valence-corrected chi connectivity index (χ0v) is 10.4. The second kappa shape index (κ2) is 4.77. The predicted octanol–water partition coefficient (Wildman–Crippen LogP) is 3.14. The molecule has 0 amide bonds. The molecule has 0 spiro atoms. The van der Waals surface area contributed by atoms with E-state index in [0.29, 0.717) is 12.8 Å². The summed E-state index contributed by atoms with van der Waals surface area (Å²) in [6.45, 7) is 0. The van der Waals surface area contributed by atoms with E-state index in [9.17, 15) is 4.79 Å². The standard InChI is InChI=1S/C17H16O/c18-17-11-15-7-3-13(4-8-15)1-2-14-5-9-16(12-17)10-6-14/h3-10H,1-2,11-12H2. The first-order chi connectivity index (χ1) is 8.79. The Balaban J connectivity index is 1.97. The van der Waals surface area contributed by atoms with Crippen molar-refractivity contribution in [2.75, 3.05) is 0 Å². The highest BCUT2D eigenvalue weighted by molar-refractivity contribution is 5.83. The fourth-order valence-corrected chi connectivity index (χ4v) is 2.45. The molecule has 6 rings (SSSR count). The van der Waals surface area contributed by atoms with Gasteiger partial charge in [0.25, 0.3) is 0 Å². The average Bonchev–Trinajstić information content (AvgIpc) is 2.42. The molecular weight excluding hydrogens is 220 g/mol. The number of carbonyl (C=O) groups is 1. The van der Waals surface area contributed by atoms with Crippen LogP contribution in [-0.2, 0) is 30.5 Å². The highest BCUT2D eigenvalue weighted by atomic mass is 16.1. The molecule has 0 aliphatic heterocycles. The molecular formula is C17H16O. The van der Waals surface area contributed by atoms with E-state index >= 15 is 0 Å². The molecule has 0 aromatic heterocycles. The molecule has 0 unspecified atom stereocenters. The first kappa shape index (κ1) is 11.2. The van der Waals surface area contributed by atoms with Gasteiger partial charge in [0, 0.05) is 12.8 Å². The highest BCUT2D eigenvalue weighted by Gasteiger charge is 2.07. The van der Waals surface area contributed by atoms with Crippen LogP contribution in [0.25, 0.3) is 0 Å². The molecule has 0 N–H and O–H groups in total. The lowest BCUT2D eigenvalue weighted by molar-refractivity contribution is -0.117. The van der Waals surface area contributed by atoms with Crippen molar-refractivity contribution >= 4 is 5.78 Å². The smallest absolute Gasteiger partial charge is 0.141 e. The molecule has 0 heterocycles. The number of hydrogen-bond acceptors (Lipinski definition) is 1. The third kappa shape index (κ3) is 2.51. The summed E-state index contributed by atoms with van der Waals surface area (Å²) in [6.07, 6.45) is 3.21. The molecule has 90 valence electrons. The number of Topliss-reactive ketones (excluding diaryl/α,β-unsaturated/α-hetero) is 1. The summed E-state index contributed by atoms with van der Waals surface area (Å²) in [5, 5.41) is 0. The molecule has 0 atom stereocenters. The van der Waals surface area contributed by atoms with E-state index in [1.54, 1.807) is 0 Å². The summed E-state index contributed by atoms with van der Waals surface area (Å²) >= 11 is 0. The normalized spacial score (nSPS) is 15.0. The summed E-state index contributed by atoms with van der Waals surface area (Å²) in [7, 11) is 0. The van der Waals surface area contributed by atoms with Crippen LogP contribution in [0.1, 0.15) is 22.3 Å². The van der Waals surface area contributed by atoms with Crippen LogP contribution in [0.2, 0.25) is 0 Å². The Morgan fingerprint density at radius 1 is 0.556 bits per heavy atom. The number of rotatable bonds is 0. The van der Waals surface area contributed by atoms with E-state index < -0.39 is 0 Å². The molecule has 0 fully saturated rings. The molecule has 0 saturated heterocycles. The van der Waals surface area contributed by atoms with Crippen molar-refractivity contribution in [3.05, 3.63) is 70.8 Å². The molecule has 1 heteroatoms. The summed E-state index contributed by atoms with van der Waals surface area (Å²) < 4.78 is 0. The van der Waals surface area contributed by atoms with Crippen molar-refractivity contribution in [1.29, 1.82) is 0 Å². The SMILES string of the molecule is O=C1Cc2ccc(cc2)CCc2ccc(cc2)C1. The Hall–Kier alpha value is -1.89. The lowest BCUT2D eigenvalue weighted by Gasteiger charge is -2.03. The molecule has 1 nitrogen and oxygen atoms in total. The summed E-state index contributed by atoms with van der Waals surface area (Å²) in [5.41, 5.74) is 4.93. The van der Waals surface area contributed by atoms with Crippen molar-refractivity contribution in [3.63, 3.8) is 0 Å². The van der Waals surface area contributed by atoms with E-state index in [1.807, 2.05) is 0 Å². The average molecular weight is 236 g/mol. The maximum Gasteiger partial charge on any atom is 0.141 e. The Morgan fingerprint density at radius 3 is 1.28 bits per heavy atom. The monoisotopic (exact) mass is 236 g/mol. The predicted molar refractivity (Wildman–Crippen MR) is 72.7 cm³/mol. The van der Waals surface area contributed by atoms with Crippen molar-refractivity contribution in [2.45, 2.75) is 25.7 Å². The van der Waals surface area contributed by atoms with Crippen LogP contribution in [0.5, 0.6) is 0 Å². The van der Waals surface area contributed by atoms with Crippen LogP contribution in [-0.4, -0.2) is 5.78 Å². The van der Waals surface area contributed by atoms with Gasteiger partial charge in [0.05, 0.1) is 0 Å². The number of ketones is 1. The van der Waals surface area contributed by atoms with E-state index in [2.05, 4.69) is 48.5 Å². The first-order valence-corrected chi connectivity index (χ1v) is 6.47. The van der Waals surface area contributed by atoms with E-state index in [1.165, 1.54) is 11.1 Å². The molecule has 4 bridgehead atoms. The van der Waals surface area contributed by atoms with Gasteiger partial charge in [-0.05, 0) is 35.1 Å². The van der Waals surface area contributed by atoms with Gasteiger partial charge in [0.2, 0.25) is 0 Å². The van der Waals surface area contributed by atoms with Crippen molar-refractivity contribution in [2.24, 2.45) is 0 Å². The molecule has 4 aliphatic carbocycles. The fourth-order valence-electron chi connectivity index (χ4n) is 2.45. The van der Waals surface area contributed by atoms with Crippen LogP contribution in [0.15, 0.2) is 48.5 Å². The Kier molecular flexibility index (Phi) is 2.97. The third-order valence-corrected chi connectivity index (χ3v) is 3.55. The quantitative estimate of drug-likeness (QED) is 0.686. The topological polar surface area (TPSA) is 17.1 Å². The first-order valence-electron chi connectivity index (χ1n) is 6.47. The Morgan fingerprint density at radius 2 is 0.889 bits per heavy atom. The van der Waals surface area contributed by atoms with Gasteiger partial charge in [-0.1, -0.05) is 48.5 Å². The van der Waals surface area contributed by atoms with Gasteiger partial charge in [0.15, 0.2) is 0 Å². The second-order valence-electron chi connectivity index (χ2n) is 5.03. The van der Waals surface area contributed by atoms with Crippen LogP contribution in [0, 0.1) is 0 Å². The van der Waals surface area contributed by atoms with E-state index in [0.717, 1.165) is 24.0 Å². The van der Waals surface area contributed by atoms with Crippen LogP contribution in [0.4, 0.5) is 0 Å². The molecule has 2 aromatic carbocycles. The van der Waals surface area contributed by atoms with Crippen molar-refractivity contribution < 1.29 is 4.79 Å². The van der Waals surface area contributed by atoms with Gasteiger partial charge in [-0.25, -0.2) is 0 Å². The van der Waals surface area contributed by atoms with Crippen LogP contribution in [0.3, 0.4) is 0 Å². The zero-order valence-electron chi connectivity index (χ0n) is 10.4. The number of aryl methyl sites for hydroxylation is 2. The van der Waals surface area contributed by atoms with E-state index in [-0.39, 0.29) is 5.78 Å². The van der Waals surface area contributed by atoms with Crippen molar-refractivity contribution in [1.82, 2.24) is 0 Å². The Labute approximate surface area is 107 Å². The van der Waals surface area contributed by atoms with Gasteiger partial charge in [-0.15, -0.1) is 0 Å². The van der Waals surface area contributed by atoms with Gasteiger partial charge in [-0.2, -0.15) is 0 Å². The minimum absolute atomic E-state index is 0.287. The minimum atomic E-state index is 0.287. The van der Waals surface area contributed by atoms with Crippen molar-refractivity contribution in [3.8, 4) is 0 Å². The van der Waals surface area contributed by atoms with Gasteiger partial charge >= 0.3 is 0 Å².